The zero-order chi connectivity index (χ0) is 16.1. The van der Waals surface area contributed by atoms with Crippen molar-refractivity contribution in [3.8, 4) is 0 Å². The number of esters is 1. The van der Waals surface area contributed by atoms with Gasteiger partial charge in [0.25, 0.3) is 0 Å². The number of hydrogen-bond donors (Lipinski definition) is 1. The fourth-order valence-electron chi connectivity index (χ4n) is 2.34. The lowest BCUT2D eigenvalue weighted by Crippen LogP contribution is -2.59. The fraction of sp³-hybridized carbons (Fsp3) is 0.923. The van der Waals surface area contributed by atoms with Crippen LogP contribution in [0.2, 0.25) is 0 Å². The van der Waals surface area contributed by atoms with Gasteiger partial charge in [0.05, 0.1) is 13.2 Å². The molecular weight excluding hydrogens is 287 g/mol. The topological polar surface area (TPSA) is 44.8 Å². The molecule has 0 spiro atoms. The highest BCUT2D eigenvalue weighted by Crippen LogP contribution is 2.18. The zero-order valence-corrected chi connectivity index (χ0v) is 12.8. The van der Waals surface area contributed by atoms with Crippen LogP contribution in [0.15, 0.2) is 0 Å². The molecule has 0 radical (unpaired) electrons. The molecule has 0 saturated carbocycles. The lowest BCUT2D eigenvalue weighted by Gasteiger charge is -2.39. The molecule has 1 N–H and O–H groups in total. The Balaban J connectivity index is 2.48. The third kappa shape index (κ3) is 5.80. The maximum atomic E-state index is 12.3. The van der Waals surface area contributed by atoms with Crippen molar-refractivity contribution in [2.24, 2.45) is 0 Å². The molecule has 1 atom stereocenters. The minimum absolute atomic E-state index is 0.301. The summed E-state index contributed by atoms with van der Waals surface area (Å²) in [6.45, 7) is 5.04. The Kier molecular flexibility index (Phi) is 6.42. The lowest BCUT2D eigenvalue weighted by molar-refractivity contribution is -0.153. The van der Waals surface area contributed by atoms with E-state index in [0.717, 1.165) is 0 Å². The van der Waals surface area contributed by atoms with Gasteiger partial charge in [-0.2, -0.15) is 13.2 Å². The van der Waals surface area contributed by atoms with Gasteiger partial charge < -0.3 is 10.1 Å². The lowest BCUT2D eigenvalue weighted by atomic mass is 10.0. The first-order valence-corrected chi connectivity index (χ1v) is 7.08. The van der Waals surface area contributed by atoms with Crippen LogP contribution in [-0.4, -0.2) is 80.4 Å². The van der Waals surface area contributed by atoms with Crippen molar-refractivity contribution in [3.05, 3.63) is 0 Å². The standard InChI is InChI=1S/C13H24F3N3O2/c1-4-21-11(20)12(2,17-3)9-18-5-7-19(8-6-18)10-13(14,15)16/h17H,4-10H2,1-3H3. The summed E-state index contributed by atoms with van der Waals surface area (Å²) in [5.41, 5.74) is -0.845. The van der Waals surface area contributed by atoms with Gasteiger partial charge in [-0.05, 0) is 20.9 Å². The Labute approximate surface area is 123 Å². The van der Waals surface area contributed by atoms with E-state index in [-0.39, 0.29) is 5.97 Å². The number of piperazine rings is 1. The number of likely N-dealkylation sites (N-methyl/N-ethyl adjacent to an activating group) is 1. The van der Waals surface area contributed by atoms with Crippen LogP contribution in [-0.2, 0) is 9.53 Å². The Morgan fingerprint density at radius 3 is 2.00 bits per heavy atom. The van der Waals surface area contributed by atoms with Crippen molar-refractivity contribution in [2.45, 2.75) is 25.6 Å². The smallest absolute Gasteiger partial charge is 0.401 e. The molecule has 0 bridgehead atoms. The van der Waals surface area contributed by atoms with Crippen molar-refractivity contribution in [1.82, 2.24) is 15.1 Å². The van der Waals surface area contributed by atoms with E-state index in [1.807, 2.05) is 4.90 Å². The number of hydrogen-bond acceptors (Lipinski definition) is 5. The second-order valence-corrected chi connectivity index (χ2v) is 5.47. The molecule has 1 aliphatic heterocycles. The molecule has 1 fully saturated rings. The van der Waals surface area contributed by atoms with E-state index in [0.29, 0.717) is 39.3 Å². The molecule has 124 valence electrons. The van der Waals surface area contributed by atoms with Gasteiger partial charge in [-0.15, -0.1) is 0 Å². The zero-order valence-electron chi connectivity index (χ0n) is 12.8. The Morgan fingerprint density at radius 2 is 1.62 bits per heavy atom. The molecule has 5 nitrogen and oxygen atoms in total. The number of carbonyl (C=O) groups is 1. The van der Waals surface area contributed by atoms with Gasteiger partial charge in [0.2, 0.25) is 0 Å². The average molecular weight is 311 g/mol. The maximum Gasteiger partial charge on any atom is 0.401 e. The summed E-state index contributed by atoms with van der Waals surface area (Å²) in [7, 11) is 1.68. The highest BCUT2D eigenvalue weighted by Gasteiger charge is 2.37. The van der Waals surface area contributed by atoms with Crippen molar-refractivity contribution in [1.29, 1.82) is 0 Å². The summed E-state index contributed by atoms with van der Waals surface area (Å²) in [4.78, 5) is 15.3. The number of nitrogens with zero attached hydrogens (tertiary/aromatic N) is 2. The molecule has 0 amide bonds. The van der Waals surface area contributed by atoms with Gasteiger partial charge in [-0.3, -0.25) is 14.6 Å². The Bertz CT molecular complexity index is 344. The molecule has 0 aromatic heterocycles. The van der Waals surface area contributed by atoms with Crippen LogP contribution in [0, 0.1) is 0 Å². The SMILES string of the molecule is CCOC(=O)C(C)(CN1CCN(CC(F)(F)F)CC1)NC. The quantitative estimate of drug-likeness (QED) is 0.732. The van der Waals surface area contributed by atoms with Crippen LogP contribution in [0.1, 0.15) is 13.8 Å². The summed E-state index contributed by atoms with van der Waals surface area (Å²) < 4.78 is 42.0. The first-order valence-electron chi connectivity index (χ1n) is 7.08. The third-order valence-corrected chi connectivity index (χ3v) is 3.69. The minimum atomic E-state index is -4.16. The highest BCUT2D eigenvalue weighted by molar-refractivity contribution is 5.80. The van der Waals surface area contributed by atoms with Crippen LogP contribution < -0.4 is 5.32 Å². The van der Waals surface area contributed by atoms with Gasteiger partial charge in [0.1, 0.15) is 5.54 Å². The maximum absolute atomic E-state index is 12.3. The summed E-state index contributed by atoms with van der Waals surface area (Å²) in [6, 6.07) is 0. The molecular formula is C13H24F3N3O2. The van der Waals surface area contributed by atoms with Gasteiger partial charge >= 0.3 is 12.1 Å². The van der Waals surface area contributed by atoms with Gasteiger partial charge in [0, 0.05) is 32.7 Å². The number of ether oxygens (including phenoxy) is 1. The monoisotopic (exact) mass is 311 g/mol. The van der Waals surface area contributed by atoms with E-state index in [4.69, 9.17) is 4.74 Å². The first-order chi connectivity index (χ1) is 9.70. The molecule has 8 heteroatoms. The number of nitrogens with one attached hydrogen (secondary N) is 1. The van der Waals surface area contributed by atoms with Gasteiger partial charge in [0.15, 0.2) is 0 Å². The molecule has 0 aromatic carbocycles. The van der Waals surface area contributed by atoms with Crippen LogP contribution in [0.4, 0.5) is 13.2 Å². The second kappa shape index (κ2) is 7.42. The molecule has 1 aliphatic rings. The first kappa shape index (κ1) is 18.2. The molecule has 0 aromatic rings. The van der Waals surface area contributed by atoms with E-state index in [1.54, 1.807) is 20.9 Å². The summed E-state index contributed by atoms with van der Waals surface area (Å²) in [5.74, 6) is -0.342. The van der Waals surface area contributed by atoms with Gasteiger partial charge in [-0.25, -0.2) is 0 Å². The molecule has 21 heavy (non-hydrogen) atoms. The Morgan fingerprint density at radius 1 is 1.14 bits per heavy atom. The largest absolute Gasteiger partial charge is 0.465 e. The molecule has 1 rings (SSSR count). The molecule has 1 heterocycles. The predicted molar refractivity (Wildman–Crippen MR) is 73.0 cm³/mol. The van der Waals surface area contributed by atoms with Gasteiger partial charge in [-0.1, -0.05) is 0 Å². The van der Waals surface area contributed by atoms with Crippen LogP contribution in [0.5, 0.6) is 0 Å². The van der Waals surface area contributed by atoms with Crippen molar-refractivity contribution in [3.63, 3.8) is 0 Å². The summed E-state index contributed by atoms with van der Waals surface area (Å²) >= 11 is 0. The Hall–Kier alpha value is -0.860. The van der Waals surface area contributed by atoms with Crippen molar-refractivity contribution in [2.75, 3.05) is 52.9 Å². The molecule has 0 aliphatic carbocycles. The van der Waals surface area contributed by atoms with E-state index in [2.05, 4.69) is 5.32 Å². The van der Waals surface area contributed by atoms with Crippen molar-refractivity contribution < 1.29 is 22.7 Å². The van der Waals surface area contributed by atoms with Crippen LogP contribution in [0.3, 0.4) is 0 Å². The summed E-state index contributed by atoms with van der Waals surface area (Å²) in [5, 5.41) is 2.95. The molecule has 1 unspecified atom stereocenters. The van der Waals surface area contributed by atoms with Crippen molar-refractivity contribution >= 4 is 5.97 Å². The fourth-order valence-corrected chi connectivity index (χ4v) is 2.34. The highest BCUT2D eigenvalue weighted by atomic mass is 19.4. The summed E-state index contributed by atoms with van der Waals surface area (Å²) in [6.07, 6.45) is -4.16. The average Bonchev–Trinajstić information content (AvgIpc) is 2.39. The van der Waals surface area contributed by atoms with E-state index < -0.39 is 18.3 Å². The van der Waals surface area contributed by atoms with Crippen LogP contribution in [0.25, 0.3) is 0 Å². The normalized spacial score (nSPS) is 21.0. The van der Waals surface area contributed by atoms with E-state index >= 15 is 0 Å². The third-order valence-electron chi connectivity index (χ3n) is 3.69. The number of alkyl halides is 3. The number of rotatable bonds is 6. The molecule has 1 saturated heterocycles. The van der Waals surface area contributed by atoms with Crippen LogP contribution >= 0.6 is 0 Å². The minimum Gasteiger partial charge on any atom is -0.465 e. The van der Waals surface area contributed by atoms with E-state index in [9.17, 15) is 18.0 Å². The number of carbonyl (C=O) groups excluding carboxylic acids is 1. The number of halogens is 3. The second-order valence-electron chi connectivity index (χ2n) is 5.47. The van der Waals surface area contributed by atoms with E-state index in [1.165, 1.54) is 4.90 Å². The predicted octanol–water partition coefficient (Wildman–Crippen LogP) is 0.708.